The van der Waals surface area contributed by atoms with Gasteiger partial charge in [0.2, 0.25) is 0 Å². The van der Waals surface area contributed by atoms with Crippen LogP contribution in [0, 0.1) is 5.92 Å². The molecule has 0 saturated carbocycles. The van der Waals surface area contributed by atoms with Crippen LogP contribution in [0.5, 0.6) is 0 Å². The summed E-state index contributed by atoms with van der Waals surface area (Å²) < 4.78 is 0. The Morgan fingerprint density at radius 1 is 1.80 bits per heavy atom. The summed E-state index contributed by atoms with van der Waals surface area (Å²) in [5, 5.41) is 8.52. The van der Waals surface area contributed by atoms with Gasteiger partial charge in [0.15, 0.2) is 0 Å². The Kier molecular flexibility index (Phi) is 1.94. The number of carbonyl (C=O) groups is 1. The zero-order valence-electron chi connectivity index (χ0n) is 5.79. The fourth-order valence-electron chi connectivity index (χ4n) is 1.15. The van der Waals surface area contributed by atoms with E-state index in [0.29, 0.717) is 19.0 Å². The Bertz CT molecular complexity index is 156. The molecule has 10 heavy (non-hydrogen) atoms. The molecule has 1 rings (SSSR count). The van der Waals surface area contributed by atoms with Gasteiger partial charge in [0.05, 0.1) is 0 Å². The molecule has 1 aliphatic heterocycles. The van der Waals surface area contributed by atoms with Gasteiger partial charge in [-0.2, -0.15) is 0 Å². The van der Waals surface area contributed by atoms with E-state index in [0.717, 1.165) is 6.42 Å². The molecule has 0 spiro atoms. The molecule has 1 heterocycles. The summed E-state index contributed by atoms with van der Waals surface area (Å²) in [6.07, 6.45) is 1.93. The van der Waals surface area contributed by atoms with E-state index in [2.05, 4.69) is 6.58 Å². The molecule has 0 aromatic rings. The molecule has 1 saturated heterocycles. The molecule has 1 amide bonds. The van der Waals surface area contributed by atoms with Gasteiger partial charge in [0.1, 0.15) is 0 Å². The Hall–Kier alpha value is -0.990. The number of amides is 1. The molecule has 0 bridgehead atoms. The molecule has 0 aromatic carbocycles. The van der Waals surface area contributed by atoms with Crippen LogP contribution < -0.4 is 0 Å². The van der Waals surface area contributed by atoms with Gasteiger partial charge in [-0.3, -0.25) is 0 Å². The molecule has 0 aliphatic carbocycles. The highest BCUT2D eigenvalue weighted by Crippen LogP contribution is 2.16. The van der Waals surface area contributed by atoms with Crippen LogP contribution in [0.1, 0.15) is 6.42 Å². The predicted molar refractivity (Wildman–Crippen MR) is 37.9 cm³/mol. The second-order valence-corrected chi connectivity index (χ2v) is 2.51. The SMILES string of the molecule is C=CC1CCN(C(=O)O)C1. The quantitative estimate of drug-likeness (QED) is 0.557. The number of likely N-dealkylation sites (tertiary alicyclic amines) is 1. The summed E-state index contributed by atoms with van der Waals surface area (Å²) in [6.45, 7) is 4.90. The minimum Gasteiger partial charge on any atom is -0.465 e. The van der Waals surface area contributed by atoms with Crippen LogP contribution in [0.15, 0.2) is 12.7 Å². The molecule has 0 aromatic heterocycles. The second-order valence-electron chi connectivity index (χ2n) is 2.51. The molecule has 1 atom stereocenters. The fraction of sp³-hybridized carbons (Fsp3) is 0.571. The van der Waals surface area contributed by atoms with Crippen molar-refractivity contribution < 1.29 is 9.90 Å². The number of carboxylic acid groups (broad SMARTS) is 1. The van der Waals surface area contributed by atoms with Crippen molar-refractivity contribution >= 4 is 6.09 Å². The Morgan fingerprint density at radius 2 is 2.50 bits per heavy atom. The van der Waals surface area contributed by atoms with Gasteiger partial charge in [-0.25, -0.2) is 4.79 Å². The molecule has 3 heteroatoms. The van der Waals surface area contributed by atoms with Gasteiger partial charge in [0, 0.05) is 13.1 Å². The first-order chi connectivity index (χ1) is 4.74. The Labute approximate surface area is 59.9 Å². The van der Waals surface area contributed by atoms with Crippen molar-refractivity contribution in [2.45, 2.75) is 6.42 Å². The summed E-state index contributed by atoms with van der Waals surface area (Å²) in [7, 11) is 0. The highest BCUT2D eigenvalue weighted by Gasteiger charge is 2.22. The molecular formula is C7H11NO2. The van der Waals surface area contributed by atoms with Crippen LogP contribution in [0.2, 0.25) is 0 Å². The highest BCUT2D eigenvalue weighted by molar-refractivity contribution is 5.65. The van der Waals surface area contributed by atoms with Gasteiger partial charge in [0.25, 0.3) is 0 Å². The normalized spacial score (nSPS) is 24.8. The standard InChI is InChI=1S/C7H11NO2/c1-2-6-3-4-8(5-6)7(9)10/h2,6H,1,3-5H2,(H,9,10). The second kappa shape index (κ2) is 2.73. The van der Waals surface area contributed by atoms with Crippen molar-refractivity contribution in [2.75, 3.05) is 13.1 Å². The lowest BCUT2D eigenvalue weighted by Crippen LogP contribution is -2.26. The third kappa shape index (κ3) is 1.29. The van der Waals surface area contributed by atoms with E-state index in [4.69, 9.17) is 5.11 Å². The zero-order chi connectivity index (χ0) is 7.56. The van der Waals surface area contributed by atoms with E-state index in [-0.39, 0.29) is 0 Å². The lowest BCUT2D eigenvalue weighted by atomic mass is 10.1. The van der Waals surface area contributed by atoms with Gasteiger partial charge < -0.3 is 10.0 Å². The molecular weight excluding hydrogens is 130 g/mol. The largest absolute Gasteiger partial charge is 0.465 e. The first kappa shape index (κ1) is 7.12. The lowest BCUT2D eigenvalue weighted by Gasteiger charge is -2.09. The number of hydrogen-bond acceptors (Lipinski definition) is 1. The van der Waals surface area contributed by atoms with Crippen LogP contribution in [-0.2, 0) is 0 Å². The highest BCUT2D eigenvalue weighted by atomic mass is 16.4. The first-order valence-electron chi connectivity index (χ1n) is 3.34. The van der Waals surface area contributed by atoms with E-state index in [1.165, 1.54) is 4.90 Å². The molecule has 3 nitrogen and oxygen atoms in total. The average molecular weight is 141 g/mol. The number of hydrogen-bond donors (Lipinski definition) is 1. The molecule has 1 aliphatic rings. The Morgan fingerprint density at radius 3 is 2.80 bits per heavy atom. The van der Waals surface area contributed by atoms with Crippen molar-refractivity contribution in [3.63, 3.8) is 0 Å². The fourth-order valence-corrected chi connectivity index (χ4v) is 1.15. The third-order valence-electron chi connectivity index (χ3n) is 1.83. The maximum Gasteiger partial charge on any atom is 0.407 e. The minimum atomic E-state index is -0.815. The van der Waals surface area contributed by atoms with Crippen molar-refractivity contribution in [2.24, 2.45) is 5.92 Å². The van der Waals surface area contributed by atoms with Crippen LogP contribution in [0.25, 0.3) is 0 Å². The van der Waals surface area contributed by atoms with E-state index in [1.54, 1.807) is 0 Å². The Balaban J connectivity index is 2.42. The van der Waals surface area contributed by atoms with Crippen molar-refractivity contribution in [1.29, 1.82) is 0 Å². The smallest absolute Gasteiger partial charge is 0.407 e. The van der Waals surface area contributed by atoms with Crippen molar-refractivity contribution in [3.8, 4) is 0 Å². The summed E-state index contributed by atoms with van der Waals surface area (Å²) in [6, 6.07) is 0. The van der Waals surface area contributed by atoms with Crippen LogP contribution in [-0.4, -0.2) is 29.2 Å². The number of nitrogens with zero attached hydrogens (tertiary/aromatic N) is 1. The number of rotatable bonds is 1. The summed E-state index contributed by atoms with van der Waals surface area (Å²) in [5.41, 5.74) is 0. The van der Waals surface area contributed by atoms with Gasteiger partial charge in [-0.05, 0) is 12.3 Å². The van der Waals surface area contributed by atoms with Crippen LogP contribution >= 0.6 is 0 Å². The molecule has 0 radical (unpaired) electrons. The van der Waals surface area contributed by atoms with E-state index in [1.807, 2.05) is 6.08 Å². The lowest BCUT2D eigenvalue weighted by molar-refractivity contribution is 0.155. The summed E-state index contributed by atoms with van der Waals surface area (Å²) in [5.74, 6) is 0.371. The van der Waals surface area contributed by atoms with Crippen molar-refractivity contribution in [1.82, 2.24) is 4.90 Å². The summed E-state index contributed by atoms with van der Waals surface area (Å²) in [4.78, 5) is 11.8. The minimum absolute atomic E-state index is 0.371. The maximum absolute atomic E-state index is 10.4. The van der Waals surface area contributed by atoms with Crippen LogP contribution in [0.3, 0.4) is 0 Å². The third-order valence-corrected chi connectivity index (χ3v) is 1.83. The zero-order valence-corrected chi connectivity index (χ0v) is 5.79. The average Bonchev–Trinajstić information content (AvgIpc) is 2.34. The molecule has 56 valence electrons. The topological polar surface area (TPSA) is 40.5 Å². The van der Waals surface area contributed by atoms with Crippen molar-refractivity contribution in [3.05, 3.63) is 12.7 Å². The monoisotopic (exact) mass is 141 g/mol. The van der Waals surface area contributed by atoms with E-state index >= 15 is 0 Å². The summed E-state index contributed by atoms with van der Waals surface area (Å²) >= 11 is 0. The predicted octanol–water partition coefficient (Wildman–Crippen LogP) is 1.17. The van der Waals surface area contributed by atoms with E-state index < -0.39 is 6.09 Å². The van der Waals surface area contributed by atoms with Gasteiger partial charge >= 0.3 is 6.09 Å². The molecule has 1 fully saturated rings. The van der Waals surface area contributed by atoms with Gasteiger partial charge in [-0.15, -0.1) is 6.58 Å². The molecule has 1 N–H and O–H groups in total. The van der Waals surface area contributed by atoms with Crippen LogP contribution in [0.4, 0.5) is 4.79 Å². The van der Waals surface area contributed by atoms with E-state index in [9.17, 15) is 4.79 Å². The van der Waals surface area contributed by atoms with Gasteiger partial charge in [-0.1, -0.05) is 6.08 Å². The first-order valence-corrected chi connectivity index (χ1v) is 3.34. The maximum atomic E-state index is 10.4. The molecule has 1 unspecified atom stereocenters.